The molecule has 2 N–H and O–H groups in total. The lowest BCUT2D eigenvalue weighted by Crippen LogP contribution is -2.51. The van der Waals surface area contributed by atoms with Gasteiger partial charge in [-0.25, -0.2) is 0 Å². The van der Waals surface area contributed by atoms with E-state index in [-0.39, 0.29) is 0 Å². The minimum Gasteiger partial charge on any atom is -0.330 e. The normalized spacial score (nSPS) is 19.8. The molecule has 0 bridgehead atoms. The number of nitrogens with two attached hydrogens (primary N) is 1. The molecule has 3 heteroatoms. The molecule has 1 aliphatic rings. The van der Waals surface area contributed by atoms with Gasteiger partial charge >= 0.3 is 0 Å². The van der Waals surface area contributed by atoms with Crippen molar-refractivity contribution in [2.24, 2.45) is 11.7 Å². The highest BCUT2D eigenvalue weighted by Gasteiger charge is 2.27. The summed E-state index contributed by atoms with van der Waals surface area (Å²) in [6.07, 6.45) is 13.7. The first-order valence-corrected chi connectivity index (χ1v) is 10.4. The fourth-order valence-corrected chi connectivity index (χ4v) is 4.13. The third-order valence-electron chi connectivity index (χ3n) is 5.68. The maximum atomic E-state index is 5.66. The molecule has 1 aliphatic heterocycles. The SMILES string of the molecule is CCCCCCC(CCCCCN)C(CC)N1CCN(C)CC1. The Balaban J connectivity index is 2.50. The predicted octanol–water partition coefficient (Wildman–Crippen LogP) is 4.12. The number of hydrogen-bond donors (Lipinski definition) is 1. The van der Waals surface area contributed by atoms with E-state index in [1.165, 1.54) is 90.4 Å². The van der Waals surface area contributed by atoms with Gasteiger partial charge in [0.25, 0.3) is 0 Å². The Bertz CT molecular complexity index is 250. The van der Waals surface area contributed by atoms with Crippen molar-refractivity contribution >= 4 is 0 Å². The number of hydrogen-bond acceptors (Lipinski definition) is 3. The van der Waals surface area contributed by atoms with Crippen molar-refractivity contribution in [3.63, 3.8) is 0 Å². The van der Waals surface area contributed by atoms with E-state index in [1.807, 2.05) is 0 Å². The van der Waals surface area contributed by atoms with Gasteiger partial charge in [-0.15, -0.1) is 0 Å². The summed E-state index contributed by atoms with van der Waals surface area (Å²) in [5.41, 5.74) is 5.66. The van der Waals surface area contributed by atoms with E-state index in [2.05, 4.69) is 30.7 Å². The van der Waals surface area contributed by atoms with Gasteiger partial charge in [0, 0.05) is 32.2 Å². The molecule has 0 saturated carbocycles. The smallest absolute Gasteiger partial charge is 0.0122 e. The van der Waals surface area contributed by atoms with Crippen LogP contribution in [-0.4, -0.2) is 55.6 Å². The van der Waals surface area contributed by atoms with Gasteiger partial charge in [0.05, 0.1) is 0 Å². The zero-order valence-electron chi connectivity index (χ0n) is 16.2. The molecule has 1 heterocycles. The highest BCUT2D eigenvalue weighted by atomic mass is 15.3. The molecule has 2 atom stereocenters. The van der Waals surface area contributed by atoms with Crippen LogP contribution in [-0.2, 0) is 0 Å². The summed E-state index contributed by atoms with van der Waals surface area (Å²) in [5, 5.41) is 0. The average Bonchev–Trinajstić information content (AvgIpc) is 2.57. The molecule has 0 aromatic carbocycles. The van der Waals surface area contributed by atoms with Crippen molar-refractivity contribution in [3.05, 3.63) is 0 Å². The van der Waals surface area contributed by atoms with Crippen molar-refractivity contribution in [2.75, 3.05) is 39.8 Å². The minimum atomic E-state index is 0.809. The second kappa shape index (κ2) is 13.2. The van der Waals surface area contributed by atoms with E-state index in [0.29, 0.717) is 0 Å². The topological polar surface area (TPSA) is 32.5 Å². The van der Waals surface area contributed by atoms with E-state index in [9.17, 15) is 0 Å². The molecule has 0 radical (unpaired) electrons. The van der Waals surface area contributed by atoms with Crippen LogP contribution in [0.1, 0.15) is 78.1 Å². The van der Waals surface area contributed by atoms with Gasteiger partial charge < -0.3 is 10.6 Å². The molecule has 0 aromatic rings. The lowest BCUT2D eigenvalue weighted by Gasteiger charge is -2.41. The zero-order valence-corrected chi connectivity index (χ0v) is 16.2. The van der Waals surface area contributed by atoms with Gasteiger partial charge in [0.15, 0.2) is 0 Å². The van der Waals surface area contributed by atoms with E-state index in [0.717, 1.165) is 18.5 Å². The van der Waals surface area contributed by atoms with Crippen molar-refractivity contribution in [1.29, 1.82) is 0 Å². The van der Waals surface area contributed by atoms with Crippen LogP contribution >= 0.6 is 0 Å². The first-order valence-electron chi connectivity index (χ1n) is 10.4. The molecule has 0 aliphatic carbocycles. The summed E-state index contributed by atoms with van der Waals surface area (Å²) in [6, 6.07) is 0.809. The van der Waals surface area contributed by atoms with Crippen molar-refractivity contribution in [3.8, 4) is 0 Å². The van der Waals surface area contributed by atoms with E-state index in [1.54, 1.807) is 0 Å². The Morgan fingerprint density at radius 3 is 1.96 bits per heavy atom. The Labute approximate surface area is 146 Å². The second-order valence-corrected chi connectivity index (χ2v) is 7.56. The third kappa shape index (κ3) is 8.51. The molecular formula is C20H43N3. The summed E-state index contributed by atoms with van der Waals surface area (Å²) in [7, 11) is 2.26. The number of piperazine rings is 1. The van der Waals surface area contributed by atoms with Crippen LogP contribution in [0.2, 0.25) is 0 Å². The van der Waals surface area contributed by atoms with E-state index >= 15 is 0 Å². The highest BCUT2D eigenvalue weighted by Crippen LogP contribution is 2.27. The fourth-order valence-electron chi connectivity index (χ4n) is 4.13. The molecular weight excluding hydrogens is 282 g/mol. The molecule has 0 amide bonds. The maximum Gasteiger partial charge on any atom is 0.0122 e. The molecule has 1 rings (SSSR count). The Morgan fingerprint density at radius 2 is 1.43 bits per heavy atom. The quantitative estimate of drug-likeness (QED) is 0.517. The highest BCUT2D eigenvalue weighted by molar-refractivity contribution is 4.82. The van der Waals surface area contributed by atoms with Crippen LogP contribution in [0.15, 0.2) is 0 Å². The molecule has 2 unspecified atom stereocenters. The number of unbranched alkanes of at least 4 members (excludes halogenated alkanes) is 5. The number of nitrogens with zero attached hydrogens (tertiary/aromatic N) is 2. The molecule has 3 nitrogen and oxygen atoms in total. The molecule has 23 heavy (non-hydrogen) atoms. The molecule has 1 fully saturated rings. The minimum absolute atomic E-state index is 0.809. The van der Waals surface area contributed by atoms with Crippen LogP contribution in [0.25, 0.3) is 0 Å². The molecule has 0 aromatic heterocycles. The van der Waals surface area contributed by atoms with Crippen molar-refractivity contribution in [2.45, 2.75) is 84.1 Å². The summed E-state index contributed by atoms with van der Waals surface area (Å²) in [4.78, 5) is 5.27. The summed E-state index contributed by atoms with van der Waals surface area (Å²) in [5.74, 6) is 0.901. The lowest BCUT2D eigenvalue weighted by atomic mass is 9.85. The third-order valence-corrected chi connectivity index (χ3v) is 5.68. The maximum absolute atomic E-state index is 5.66. The summed E-state index contributed by atoms with van der Waals surface area (Å²) >= 11 is 0. The lowest BCUT2D eigenvalue weighted by molar-refractivity contribution is 0.0702. The van der Waals surface area contributed by atoms with Crippen LogP contribution in [0.5, 0.6) is 0 Å². The van der Waals surface area contributed by atoms with Gasteiger partial charge in [-0.05, 0) is 45.2 Å². The van der Waals surface area contributed by atoms with Gasteiger partial charge in [-0.2, -0.15) is 0 Å². The zero-order chi connectivity index (χ0) is 16.9. The van der Waals surface area contributed by atoms with Crippen LogP contribution in [0.4, 0.5) is 0 Å². The Morgan fingerprint density at radius 1 is 0.826 bits per heavy atom. The van der Waals surface area contributed by atoms with Crippen LogP contribution in [0.3, 0.4) is 0 Å². The largest absolute Gasteiger partial charge is 0.330 e. The molecule has 138 valence electrons. The van der Waals surface area contributed by atoms with Gasteiger partial charge in [-0.1, -0.05) is 52.4 Å². The first kappa shape index (κ1) is 20.9. The predicted molar refractivity (Wildman–Crippen MR) is 103 cm³/mol. The summed E-state index contributed by atoms with van der Waals surface area (Å²) < 4.78 is 0. The average molecular weight is 326 g/mol. The van der Waals surface area contributed by atoms with Gasteiger partial charge in [-0.3, -0.25) is 4.90 Å². The van der Waals surface area contributed by atoms with Crippen LogP contribution < -0.4 is 5.73 Å². The Hall–Kier alpha value is -0.120. The standard InChI is InChI=1S/C20H43N3/c1-4-6-7-9-12-19(13-10-8-11-14-21)20(5-2)23-17-15-22(3)16-18-23/h19-20H,4-18,21H2,1-3H3. The van der Waals surface area contributed by atoms with Crippen LogP contribution in [0, 0.1) is 5.92 Å². The van der Waals surface area contributed by atoms with Gasteiger partial charge in [0.1, 0.15) is 0 Å². The number of rotatable bonds is 13. The van der Waals surface area contributed by atoms with E-state index in [4.69, 9.17) is 5.73 Å². The molecule has 0 spiro atoms. The number of likely N-dealkylation sites (N-methyl/N-ethyl adjacent to an activating group) is 1. The second-order valence-electron chi connectivity index (χ2n) is 7.56. The van der Waals surface area contributed by atoms with Crippen molar-refractivity contribution < 1.29 is 0 Å². The monoisotopic (exact) mass is 325 g/mol. The first-order chi connectivity index (χ1) is 11.2. The van der Waals surface area contributed by atoms with Gasteiger partial charge in [0.2, 0.25) is 0 Å². The van der Waals surface area contributed by atoms with E-state index < -0.39 is 0 Å². The summed E-state index contributed by atoms with van der Waals surface area (Å²) in [6.45, 7) is 10.6. The Kier molecular flexibility index (Phi) is 12.0. The van der Waals surface area contributed by atoms with Crippen molar-refractivity contribution in [1.82, 2.24) is 9.80 Å². The fraction of sp³-hybridized carbons (Fsp3) is 1.00. The molecule has 1 saturated heterocycles.